The van der Waals surface area contributed by atoms with Gasteiger partial charge in [0.25, 0.3) is 0 Å². The van der Waals surface area contributed by atoms with Gasteiger partial charge in [0.1, 0.15) is 0 Å². The molecule has 1 aliphatic carbocycles. The van der Waals surface area contributed by atoms with Gasteiger partial charge in [-0.2, -0.15) is 0 Å². The second-order valence-corrected chi connectivity index (χ2v) is 5.64. The third-order valence-corrected chi connectivity index (χ3v) is 3.91. The lowest BCUT2D eigenvalue weighted by molar-refractivity contribution is 0.152. The van der Waals surface area contributed by atoms with Gasteiger partial charge in [0.2, 0.25) is 0 Å². The third-order valence-electron chi connectivity index (χ3n) is 3.47. The number of pyridine rings is 1. The summed E-state index contributed by atoms with van der Waals surface area (Å²) < 4.78 is 1.01. The highest BCUT2D eigenvalue weighted by Gasteiger charge is 2.23. The molecule has 2 atom stereocenters. The molecule has 0 amide bonds. The molecule has 1 aromatic rings. The Morgan fingerprint density at radius 1 is 1.35 bits per heavy atom. The predicted molar refractivity (Wildman–Crippen MR) is 71.6 cm³/mol. The maximum absolute atomic E-state index is 9.34. The van der Waals surface area contributed by atoms with Crippen LogP contribution in [0.15, 0.2) is 22.9 Å². The summed E-state index contributed by atoms with van der Waals surface area (Å²) in [5, 5.41) is 12.9. The summed E-state index contributed by atoms with van der Waals surface area (Å²) in [5.41, 5.74) is 1.18. The van der Waals surface area contributed by atoms with Crippen LogP contribution < -0.4 is 5.32 Å². The summed E-state index contributed by atoms with van der Waals surface area (Å²) in [6.07, 6.45) is 8.51. The molecule has 0 spiro atoms. The molecule has 17 heavy (non-hydrogen) atoms. The zero-order chi connectivity index (χ0) is 12.1. The molecule has 2 rings (SSSR count). The van der Waals surface area contributed by atoms with Crippen molar-refractivity contribution in [3.05, 3.63) is 28.5 Å². The molecular formula is C13H19BrN2O. The summed E-state index contributed by atoms with van der Waals surface area (Å²) in [6.45, 7) is 1.13. The van der Waals surface area contributed by atoms with Crippen molar-refractivity contribution in [2.45, 2.75) is 38.3 Å². The van der Waals surface area contributed by atoms with E-state index in [9.17, 15) is 5.11 Å². The molecule has 2 unspecified atom stereocenters. The quantitative estimate of drug-likeness (QED) is 0.898. The largest absolute Gasteiger partial charge is 0.396 e. The van der Waals surface area contributed by atoms with Crippen LogP contribution >= 0.6 is 15.9 Å². The van der Waals surface area contributed by atoms with Gasteiger partial charge in [-0.15, -0.1) is 0 Å². The number of rotatable bonds is 4. The van der Waals surface area contributed by atoms with Gasteiger partial charge < -0.3 is 10.4 Å². The molecule has 1 saturated carbocycles. The van der Waals surface area contributed by atoms with Crippen molar-refractivity contribution in [3.8, 4) is 0 Å². The lowest BCUT2D eigenvalue weighted by atomic mass is 9.85. The summed E-state index contributed by atoms with van der Waals surface area (Å²) in [7, 11) is 0. The van der Waals surface area contributed by atoms with Crippen LogP contribution in [0.25, 0.3) is 0 Å². The first-order valence-corrected chi connectivity index (χ1v) is 7.02. The van der Waals surface area contributed by atoms with Crippen LogP contribution in [0.5, 0.6) is 0 Å². The normalized spacial score (nSPS) is 24.8. The van der Waals surface area contributed by atoms with E-state index in [0.717, 1.165) is 17.4 Å². The fraction of sp³-hybridized carbons (Fsp3) is 0.615. The van der Waals surface area contributed by atoms with E-state index < -0.39 is 0 Å². The fourth-order valence-electron chi connectivity index (χ4n) is 2.50. The minimum atomic E-state index is 0.300. The second kappa shape index (κ2) is 6.47. The number of aliphatic hydroxyl groups is 1. The number of aromatic nitrogens is 1. The number of hydrogen-bond acceptors (Lipinski definition) is 3. The standard InChI is InChI=1S/C13H19BrN2O/c14-12-5-10(6-15-8-12)7-16-13-4-2-1-3-11(13)9-17/h5-6,8,11,13,16-17H,1-4,7,9H2. The van der Waals surface area contributed by atoms with Crippen LogP contribution in [0.1, 0.15) is 31.2 Å². The number of hydrogen-bond donors (Lipinski definition) is 2. The topological polar surface area (TPSA) is 45.1 Å². The molecule has 1 aliphatic rings. The number of aliphatic hydroxyl groups excluding tert-OH is 1. The summed E-state index contributed by atoms with van der Waals surface area (Å²) in [5.74, 6) is 0.420. The van der Waals surface area contributed by atoms with E-state index in [2.05, 4.69) is 32.3 Å². The molecule has 4 heteroatoms. The molecule has 1 heterocycles. The van der Waals surface area contributed by atoms with Crippen LogP contribution in [-0.2, 0) is 6.54 Å². The Labute approximate surface area is 111 Å². The van der Waals surface area contributed by atoms with Gasteiger partial charge in [-0.3, -0.25) is 4.98 Å². The van der Waals surface area contributed by atoms with E-state index in [1.54, 1.807) is 6.20 Å². The van der Waals surface area contributed by atoms with Crippen molar-refractivity contribution in [2.75, 3.05) is 6.61 Å². The molecule has 0 aliphatic heterocycles. The van der Waals surface area contributed by atoms with Crippen molar-refractivity contribution >= 4 is 15.9 Å². The molecule has 0 bridgehead atoms. The molecule has 1 aromatic heterocycles. The van der Waals surface area contributed by atoms with E-state index in [4.69, 9.17) is 0 Å². The van der Waals surface area contributed by atoms with Gasteiger partial charge in [-0.25, -0.2) is 0 Å². The minimum Gasteiger partial charge on any atom is -0.396 e. The Hall–Kier alpha value is -0.450. The molecule has 94 valence electrons. The number of nitrogens with zero attached hydrogens (tertiary/aromatic N) is 1. The van der Waals surface area contributed by atoms with Crippen molar-refractivity contribution in [1.29, 1.82) is 0 Å². The van der Waals surface area contributed by atoms with Gasteiger partial charge in [0, 0.05) is 36.1 Å². The smallest absolute Gasteiger partial charge is 0.0474 e. The molecule has 1 fully saturated rings. The van der Waals surface area contributed by atoms with Gasteiger partial charge >= 0.3 is 0 Å². The SMILES string of the molecule is OCC1CCCCC1NCc1cncc(Br)c1. The summed E-state index contributed by atoms with van der Waals surface area (Å²) in [4.78, 5) is 4.15. The van der Waals surface area contributed by atoms with Crippen LogP contribution in [0.3, 0.4) is 0 Å². The zero-order valence-corrected chi connectivity index (χ0v) is 11.5. The molecule has 3 nitrogen and oxygen atoms in total. The maximum atomic E-state index is 9.34. The van der Waals surface area contributed by atoms with Crippen LogP contribution in [0.4, 0.5) is 0 Å². The van der Waals surface area contributed by atoms with E-state index >= 15 is 0 Å². The average molecular weight is 299 g/mol. The van der Waals surface area contributed by atoms with Crippen LogP contribution in [0.2, 0.25) is 0 Å². The maximum Gasteiger partial charge on any atom is 0.0474 e. The second-order valence-electron chi connectivity index (χ2n) is 4.73. The Bertz CT molecular complexity index is 359. The highest BCUT2D eigenvalue weighted by atomic mass is 79.9. The molecule has 2 N–H and O–H groups in total. The van der Waals surface area contributed by atoms with Crippen molar-refractivity contribution in [2.24, 2.45) is 5.92 Å². The van der Waals surface area contributed by atoms with E-state index in [0.29, 0.717) is 18.6 Å². The highest BCUT2D eigenvalue weighted by molar-refractivity contribution is 9.10. The first kappa shape index (κ1) is 13.0. The van der Waals surface area contributed by atoms with Crippen LogP contribution in [-0.4, -0.2) is 22.7 Å². The fourth-order valence-corrected chi connectivity index (χ4v) is 2.91. The van der Waals surface area contributed by atoms with Crippen molar-refractivity contribution < 1.29 is 5.11 Å². The Balaban J connectivity index is 1.88. The monoisotopic (exact) mass is 298 g/mol. The number of halogens is 1. The molecule has 0 radical (unpaired) electrons. The van der Waals surface area contributed by atoms with E-state index in [-0.39, 0.29) is 0 Å². The van der Waals surface area contributed by atoms with Crippen molar-refractivity contribution in [1.82, 2.24) is 10.3 Å². The van der Waals surface area contributed by atoms with E-state index in [1.807, 2.05) is 6.20 Å². The Morgan fingerprint density at radius 3 is 2.94 bits per heavy atom. The van der Waals surface area contributed by atoms with Crippen molar-refractivity contribution in [3.63, 3.8) is 0 Å². The van der Waals surface area contributed by atoms with Gasteiger partial charge in [0.15, 0.2) is 0 Å². The molecule has 0 saturated heterocycles. The predicted octanol–water partition coefficient (Wildman–Crippen LogP) is 2.48. The third kappa shape index (κ3) is 3.76. The Morgan fingerprint density at radius 2 is 2.18 bits per heavy atom. The minimum absolute atomic E-state index is 0.300. The summed E-state index contributed by atoms with van der Waals surface area (Å²) in [6, 6.07) is 2.53. The zero-order valence-electron chi connectivity index (χ0n) is 9.90. The Kier molecular flexibility index (Phi) is 4.95. The first-order valence-electron chi connectivity index (χ1n) is 6.23. The number of nitrogens with one attached hydrogen (secondary N) is 1. The average Bonchev–Trinajstić information content (AvgIpc) is 2.37. The van der Waals surface area contributed by atoms with Gasteiger partial charge in [-0.1, -0.05) is 12.8 Å². The van der Waals surface area contributed by atoms with Gasteiger partial charge in [0.05, 0.1) is 0 Å². The lowest BCUT2D eigenvalue weighted by Gasteiger charge is -2.31. The first-order chi connectivity index (χ1) is 8.29. The molecule has 0 aromatic carbocycles. The van der Waals surface area contributed by atoms with Gasteiger partial charge in [-0.05, 0) is 46.3 Å². The van der Waals surface area contributed by atoms with E-state index in [1.165, 1.54) is 24.8 Å². The summed E-state index contributed by atoms with van der Waals surface area (Å²) >= 11 is 3.42. The molecular weight excluding hydrogens is 280 g/mol. The lowest BCUT2D eigenvalue weighted by Crippen LogP contribution is -2.39. The highest BCUT2D eigenvalue weighted by Crippen LogP contribution is 2.24. The van der Waals surface area contributed by atoms with Crippen LogP contribution in [0, 0.1) is 5.92 Å².